The van der Waals surface area contributed by atoms with E-state index in [0.717, 1.165) is 10.0 Å². The van der Waals surface area contributed by atoms with Crippen molar-refractivity contribution in [2.45, 2.75) is 6.92 Å². The van der Waals surface area contributed by atoms with Crippen LogP contribution < -0.4 is 10.6 Å². The molecule has 0 spiro atoms. The van der Waals surface area contributed by atoms with Gasteiger partial charge in [-0.25, -0.2) is 0 Å². The van der Waals surface area contributed by atoms with Gasteiger partial charge in [-0.15, -0.1) is 0 Å². The van der Waals surface area contributed by atoms with Crippen LogP contribution in [0, 0.1) is 6.92 Å². The van der Waals surface area contributed by atoms with E-state index in [1.807, 2.05) is 19.1 Å². The molecular formula is C16H13BrCl2N2O2. The summed E-state index contributed by atoms with van der Waals surface area (Å²) >= 11 is 15.2. The van der Waals surface area contributed by atoms with E-state index in [2.05, 4.69) is 26.6 Å². The van der Waals surface area contributed by atoms with Gasteiger partial charge in [-0.2, -0.15) is 0 Å². The molecule has 0 fully saturated rings. The normalized spacial score (nSPS) is 10.3. The summed E-state index contributed by atoms with van der Waals surface area (Å²) in [6.07, 6.45) is 0. The molecule has 0 aliphatic heterocycles. The molecule has 23 heavy (non-hydrogen) atoms. The predicted octanol–water partition coefficient (Wildman–Crippen LogP) is 4.43. The van der Waals surface area contributed by atoms with Crippen molar-refractivity contribution in [3.63, 3.8) is 0 Å². The molecule has 0 saturated carbocycles. The van der Waals surface area contributed by atoms with E-state index in [0.29, 0.717) is 5.69 Å². The SMILES string of the molecule is Cc1cc(Br)ccc1NC(=O)CNC(=O)c1cccc(Cl)c1Cl. The van der Waals surface area contributed by atoms with E-state index in [1.54, 1.807) is 24.3 Å². The Labute approximate surface area is 152 Å². The zero-order chi connectivity index (χ0) is 17.0. The number of anilines is 1. The lowest BCUT2D eigenvalue weighted by atomic mass is 10.2. The number of aryl methyl sites for hydroxylation is 1. The molecule has 7 heteroatoms. The van der Waals surface area contributed by atoms with Crippen LogP contribution in [0.5, 0.6) is 0 Å². The summed E-state index contributed by atoms with van der Waals surface area (Å²) in [5, 5.41) is 5.70. The fraction of sp³-hybridized carbons (Fsp3) is 0.125. The first-order chi connectivity index (χ1) is 10.9. The molecule has 0 aliphatic rings. The van der Waals surface area contributed by atoms with Crippen molar-refractivity contribution in [1.29, 1.82) is 0 Å². The second kappa shape index (κ2) is 7.81. The van der Waals surface area contributed by atoms with Gasteiger partial charge < -0.3 is 10.6 Å². The first-order valence-corrected chi connectivity index (χ1v) is 8.21. The quantitative estimate of drug-likeness (QED) is 0.775. The molecule has 0 radical (unpaired) electrons. The molecule has 0 saturated heterocycles. The van der Waals surface area contributed by atoms with E-state index in [9.17, 15) is 9.59 Å². The Bertz CT molecular complexity index is 766. The van der Waals surface area contributed by atoms with E-state index >= 15 is 0 Å². The molecule has 2 N–H and O–H groups in total. The third-order valence-electron chi connectivity index (χ3n) is 3.07. The molecule has 4 nitrogen and oxygen atoms in total. The second-order valence-corrected chi connectivity index (χ2v) is 6.49. The van der Waals surface area contributed by atoms with E-state index in [-0.39, 0.29) is 28.1 Å². The lowest BCUT2D eigenvalue weighted by Crippen LogP contribution is -2.33. The van der Waals surface area contributed by atoms with Crippen molar-refractivity contribution in [3.8, 4) is 0 Å². The Morgan fingerprint density at radius 1 is 1.17 bits per heavy atom. The van der Waals surface area contributed by atoms with Gasteiger partial charge in [-0.3, -0.25) is 9.59 Å². The summed E-state index contributed by atoms with van der Waals surface area (Å²) in [6, 6.07) is 10.2. The van der Waals surface area contributed by atoms with Crippen molar-refractivity contribution in [1.82, 2.24) is 5.32 Å². The Morgan fingerprint density at radius 3 is 2.61 bits per heavy atom. The number of amides is 2. The van der Waals surface area contributed by atoms with Crippen LogP contribution in [-0.4, -0.2) is 18.4 Å². The van der Waals surface area contributed by atoms with Gasteiger partial charge >= 0.3 is 0 Å². The van der Waals surface area contributed by atoms with Crippen molar-refractivity contribution in [2.75, 3.05) is 11.9 Å². The number of carbonyl (C=O) groups excluding carboxylic acids is 2. The molecule has 0 atom stereocenters. The molecule has 0 heterocycles. The van der Waals surface area contributed by atoms with Crippen LogP contribution in [0.25, 0.3) is 0 Å². The topological polar surface area (TPSA) is 58.2 Å². The lowest BCUT2D eigenvalue weighted by Gasteiger charge is -2.10. The van der Waals surface area contributed by atoms with Crippen LogP contribution in [0.1, 0.15) is 15.9 Å². The molecule has 0 aliphatic carbocycles. The van der Waals surface area contributed by atoms with Gasteiger partial charge in [0.2, 0.25) is 5.91 Å². The van der Waals surface area contributed by atoms with Gasteiger partial charge in [0, 0.05) is 10.2 Å². The summed E-state index contributed by atoms with van der Waals surface area (Å²) in [7, 11) is 0. The van der Waals surface area contributed by atoms with Crippen molar-refractivity contribution in [3.05, 3.63) is 62.0 Å². The molecule has 120 valence electrons. The maximum Gasteiger partial charge on any atom is 0.253 e. The van der Waals surface area contributed by atoms with Crippen molar-refractivity contribution in [2.24, 2.45) is 0 Å². The summed E-state index contributed by atoms with van der Waals surface area (Å²) in [5.41, 5.74) is 1.83. The van der Waals surface area contributed by atoms with Crippen LogP contribution in [-0.2, 0) is 4.79 Å². The Hall–Kier alpha value is -1.56. The van der Waals surface area contributed by atoms with Gasteiger partial charge in [-0.05, 0) is 42.8 Å². The fourth-order valence-corrected chi connectivity index (χ4v) is 2.76. The third kappa shape index (κ3) is 4.70. The van der Waals surface area contributed by atoms with Gasteiger partial charge in [0.15, 0.2) is 0 Å². The van der Waals surface area contributed by atoms with E-state index in [4.69, 9.17) is 23.2 Å². The molecule has 2 rings (SSSR count). The van der Waals surface area contributed by atoms with Crippen LogP contribution in [0.3, 0.4) is 0 Å². The monoisotopic (exact) mass is 414 g/mol. The van der Waals surface area contributed by atoms with Crippen molar-refractivity contribution >= 4 is 56.6 Å². The summed E-state index contributed by atoms with van der Waals surface area (Å²) < 4.78 is 0.928. The van der Waals surface area contributed by atoms with Gasteiger partial charge in [0.1, 0.15) is 0 Å². The largest absolute Gasteiger partial charge is 0.343 e. The number of rotatable bonds is 4. The zero-order valence-corrected chi connectivity index (χ0v) is 15.2. The zero-order valence-electron chi connectivity index (χ0n) is 12.1. The first-order valence-electron chi connectivity index (χ1n) is 6.66. The maximum absolute atomic E-state index is 12.0. The summed E-state index contributed by atoms with van der Waals surface area (Å²) in [6.45, 7) is 1.71. The molecule has 0 aromatic heterocycles. The highest BCUT2D eigenvalue weighted by Gasteiger charge is 2.14. The van der Waals surface area contributed by atoms with Crippen LogP contribution in [0.15, 0.2) is 40.9 Å². The highest BCUT2D eigenvalue weighted by Crippen LogP contribution is 2.25. The number of nitrogens with one attached hydrogen (secondary N) is 2. The number of hydrogen-bond donors (Lipinski definition) is 2. The molecule has 2 aromatic rings. The van der Waals surface area contributed by atoms with Crippen LogP contribution >= 0.6 is 39.1 Å². The van der Waals surface area contributed by atoms with Crippen LogP contribution in [0.4, 0.5) is 5.69 Å². The maximum atomic E-state index is 12.0. The minimum Gasteiger partial charge on any atom is -0.343 e. The fourth-order valence-electron chi connectivity index (χ4n) is 1.90. The molecule has 0 bridgehead atoms. The highest BCUT2D eigenvalue weighted by molar-refractivity contribution is 9.10. The first kappa shape index (κ1) is 17.8. The van der Waals surface area contributed by atoms with Crippen LogP contribution in [0.2, 0.25) is 10.0 Å². The number of carbonyl (C=O) groups is 2. The molecule has 2 aromatic carbocycles. The average Bonchev–Trinajstić information content (AvgIpc) is 2.50. The molecular weight excluding hydrogens is 403 g/mol. The number of benzene rings is 2. The second-order valence-electron chi connectivity index (χ2n) is 4.79. The van der Waals surface area contributed by atoms with Crippen molar-refractivity contribution < 1.29 is 9.59 Å². The Balaban J connectivity index is 1.96. The number of halogens is 3. The average molecular weight is 416 g/mol. The third-order valence-corrected chi connectivity index (χ3v) is 4.38. The molecule has 0 unspecified atom stereocenters. The Kier molecular flexibility index (Phi) is 6.04. The Morgan fingerprint density at radius 2 is 1.91 bits per heavy atom. The standard InChI is InChI=1S/C16H13BrCl2N2O2/c1-9-7-10(17)5-6-13(9)21-14(22)8-20-16(23)11-3-2-4-12(18)15(11)19/h2-7H,8H2,1H3,(H,20,23)(H,21,22). The molecule has 2 amide bonds. The highest BCUT2D eigenvalue weighted by atomic mass is 79.9. The minimum atomic E-state index is -0.458. The lowest BCUT2D eigenvalue weighted by molar-refractivity contribution is -0.115. The van der Waals surface area contributed by atoms with Gasteiger partial charge in [0.05, 0.1) is 22.2 Å². The summed E-state index contributed by atoms with van der Waals surface area (Å²) in [4.78, 5) is 24.0. The smallest absolute Gasteiger partial charge is 0.253 e. The predicted molar refractivity (Wildman–Crippen MR) is 96.3 cm³/mol. The minimum absolute atomic E-state index is 0.163. The number of hydrogen-bond acceptors (Lipinski definition) is 2. The van der Waals surface area contributed by atoms with Gasteiger partial charge in [-0.1, -0.05) is 45.2 Å². The van der Waals surface area contributed by atoms with Gasteiger partial charge in [0.25, 0.3) is 5.91 Å². The summed E-state index contributed by atoms with van der Waals surface area (Å²) in [5.74, 6) is -0.790. The van der Waals surface area contributed by atoms with E-state index in [1.165, 1.54) is 0 Å². The van der Waals surface area contributed by atoms with E-state index < -0.39 is 5.91 Å².